The molecule has 6 heteroatoms. The van der Waals surface area contributed by atoms with E-state index in [4.69, 9.17) is 0 Å². The molecule has 0 bridgehead atoms. The van der Waals surface area contributed by atoms with Gasteiger partial charge < -0.3 is 14.7 Å². The number of likely N-dealkylation sites (tertiary alicyclic amines) is 1. The Hall–Kier alpha value is -1.40. The van der Waals surface area contributed by atoms with Gasteiger partial charge in [-0.2, -0.15) is 0 Å². The number of ether oxygens (including phenoxy) is 1. The van der Waals surface area contributed by atoms with Crippen LogP contribution in [0.2, 0.25) is 0 Å². The molecule has 1 fully saturated rings. The molecule has 2 atom stereocenters. The number of nitrogens with zero attached hydrogens (tertiary/aromatic N) is 1. The van der Waals surface area contributed by atoms with Gasteiger partial charge >= 0.3 is 5.97 Å². The quantitative estimate of drug-likeness (QED) is 0.829. The molecule has 2 unspecified atom stereocenters. The second kappa shape index (κ2) is 5.71. The average molecular weight is 328 g/mol. The number of hydrogen-bond donors (Lipinski definition) is 1. The van der Waals surface area contributed by atoms with Crippen molar-refractivity contribution in [2.45, 2.75) is 18.6 Å². The van der Waals surface area contributed by atoms with Gasteiger partial charge in [-0.05, 0) is 28.1 Å². The van der Waals surface area contributed by atoms with Crippen molar-refractivity contribution in [1.82, 2.24) is 4.90 Å². The molecule has 102 valence electrons. The van der Waals surface area contributed by atoms with Gasteiger partial charge in [0.05, 0.1) is 18.8 Å². The molecule has 0 spiro atoms. The van der Waals surface area contributed by atoms with Crippen molar-refractivity contribution in [2.24, 2.45) is 0 Å². The standard InChI is InChI=1S/C13H14BrNO4/c1-19-13(18)11-6-8(16)7-15(11)12(17)9-4-2-3-5-10(9)14/h2-5,8,11,16H,6-7H2,1H3. The van der Waals surface area contributed by atoms with Gasteiger partial charge in [0.2, 0.25) is 0 Å². The minimum absolute atomic E-state index is 0.139. The van der Waals surface area contributed by atoms with Gasteiger partial charge in [0, 0.05) is 17.4 Å². The first-order valence-electron chi connectivity index (χ1n) is 5.86. The molecule has 0 aliphatic carbocycles. The van der Waals surface area contributed by atoms with Crippen LogP contribution < -0.4 is 0 Å². The van der Waals surface area contributed by atoms with Gasteiger partial charge in [-0.25, -0.2) is 4.79 Å². The molecule has 0 saturated carbocycles. The van der Waals surface area contributed by atoms with Crippen molar-refractivity contribution in [3.05, 3.63) is 34.3 Å². The fourth-order valence-electron chi connectivity index (χ4n) is 2.19. The van der Waals surface area contributed by atoms with E-state index in [9.17, 15) is 14.7 Å². The fourth-order valence-corrected chi connectivity index (χ4v) is 2.64. The summed E-state index contributed by atoms with van der Waals surface area (Å²) in [6.45, 7) is 0.139. The molecule has 0 aromatic heterocycles. The van der Waals surface area contributed by atoms with Crippen LogP contribution in [0.5, 0.6) is 0 Å². The van der Waals surface area contributed by atoms with Gasteiger partial charge in [0.25, 0.3) is 5.91 Å². The van der Waals surface area contributed by atoms with Crippen molar-refractivity contribution < 1.29 is 19.4 Å². The number of halogens is 1. The zero-order chi connectivity index (χ0) is 14.0. The normalized spacial score (nSPS) is 22.4. The Morgan fingerprint density at radius 2 is 2.11 bits per heavy atom. The molecule has 1 amide bonds. The second-order valence-electron chi connectivity index (χ2n) is 4.37. The molecule has 1 aliphatic rings. The van der Waals surface area contributed by atoms with Crippen LogP contribution in [0.25, 0.3) is 0 Å². The van der Waals surface area contributed by atoms with Crippen LogP contribution in [0.3, 0.4) is 0 Å². The highest BCUT2D eigenvalue weighted by molar-refractivity contribution is 9.10. The Morgan fingerprint density at radius 3 is 2.74 bits per heavy atom. The van der Waals surface area contributed by atoms with Gasteiger partial charge in [-0.3, -0.25) is 4.79 Å². The molecule has 1 N–H and O–H groups in total. The van der Waals surface area contributed by atoms with Crippen LogP contribution in [0.1, 0.15) is 16.8 Å². The molecule has 5 nitrogen and oxygen atoms in total. The van der Waals surface area contributed by atoms with E-state index >= 15 is 0 Å². The third-order valence-corrected chi connectivity index (χ3v) is 3.81. The lowest BCUT2D eigenvalue weighted by Gasteiger charge is -2.22. The van der Waals surface area contributed by atoms with Gasteiger partial charge in [-0.1, -0.05) is 12.1 Å². The van der Waals surface area contributed by atoms with E-state index in [0.717, 1.165) is 0 Å². The summed E-state index contributed by atoms with van der Waals surface area (Å²) in [6, 6.07) is 6.26. The average Bonchev–Trinajstić information content (AvgIpc) is 2.79. The van der Waals surface area contributed by atoms with E-state index < -0.39 is 18.1 Å². The summed E-state index contributed by atoms with van der Waals surface area (Å²) in [4.78, 5) is 25.4. The lowest BCUT2D eigenvalue weighted by molar-refractivity contribution is -0.145. The van der Waals surface area contributed by atoms with E-state index in [1.165, 1.54) is 12.0 Å². The molecule has 19 heavy (non-hydrogen) atoms. The summed E-state index contributed by atoms with van der Waals surface area (Å²) >= 11 is 3.31. The largest absolute Gasteiger partial charge is 0.467 e. The maximum Gasteiger partial charge on any atom is 0.328 e. The van der Waals surface area contributed by atoms with E-state index in [1.54, 1.807) is 24.3 Å². The maximum absolute atomic E-state index is 12.4. The minimum Gasteiger partial charge on any atom is -0.467 e. The number of carbonyl (C=O) groups excluding carboxylic acids is 2. The van der Waals surface area contributed by atoms with Gasteiger partial charge in [-0.15, -0.1) is 0 Å². The van der Waals surface area contributed by atoms with Crippen LogP contribution in [0.4, 0.5) is 0 Å². The van der Waals surface area contributed by atoms with Crippen molar-refractivity contribution >= 4 is 27.8 Å². The van der Waals surface area contributed by atoms with Crippen LogP contribution in [-0.4, -0.2) is 47.7 Å². The van der Waals surface area contributed by atoms with Crippen molar-refractivity contribution in [3.8, 4) is 0 Å². The summed E-state index contributed by atoms with van der Waals surface area (Å²) < 4.78 is 5.33. The van der Waals surface area contributed by atoms with Crippen molar-refractivity contribution in [1.29, 1.82) is 0 Å². The first-order valence-corrected chi connectivity index (χ1v) is 6.65. The first kappa shape index (κ1) is 14.0. The highest BCUT2D eigenvalue weighted by Crippen LogP contribution is 2.24. The monoisotopic (exact) mass is 327 g/mol. The summed E-state index contributed by atoms with van der Waals surface area (Å²) in [5.41, 5.74) is 0.463. The SMILES string of the molecule is COC(=O)C1CC(O)CN1C(=O)c1ccccc1Br. The number of aliphatic hydroxyl groups excluding tert-OH is 1. The lowest BCUT2D eigenvalue weighted by Crippen LogP contribution is -2.41. The third kappa shape index (κ3) is 2.79. The fraction of sp³-hybridized carbons (Fsp3) is 0.385. The molecular formula is C13H14BrNO4. The zero-order valence-corrected chi connectivity index (χ0v) is 12.0. The van der Waals surface area contributed by atoms with E-state index in [-0.39, 0.29) is 18.9 Å². The number of methoxy groups -OCH3 is 1. The lowest BCUT2D eigenvalue weighted by atomic mass is 10.1. The molecular weight excluding hydrogens is 314 g/mol. The van der Waals surface area contributed by atoms with Gasteiger partial charge in [0.1, 0.15) is 6.04 Å². The number of esters is 1. The first-order chi connectivity index (χ1) is 9.04. The highest BCUT2D eigenvalue weighted by atomic mass is 79.9. The summed E-state index contributed by atoms with van der Waals surface area (Å²) in [5, 5.41) is 9.67. The van der Waals surface area contributed by atoms with Crippen molar-refractivity contribution in [2.75, 3.05) is 13.7 Å². The third-order valence-electron chi connectivity index (χ3n) is 3.12. The smallest absolute Gasteiger partial charge is 0.328 e. The second-order valence-corrected chi connectivity index (χ2v) is 5.22. The Bertz CT molecular complexity index is 505. The topological polar surface area (TPSA) is 66.8 Å². The van der Waals surface area contributed by atoms with E-state index in [0.29, 0.717) is 10.0 Å². The molecule has 1 aromatic carbocycles. The molecule has 1 saturated heterocycles. The summed E-state index contributed by atoms with van der Waals surface area (Å²) in [5.74, 6) is -0.795. The van der Waals surface area contributed by atoms with Gasteiger partial charge in [0.15, 0.2) is 0 Å². The Kier molecular flexibility index (Phi) is 4.21. The van der Waals surface area contributed by atoms with Crippen LogP contribution >= 0.6 is 15.9 Å². The van der Waals surface area contributed by atoms with Crippen LogP contribution in [0, 0.1) is 0 Å². The minimum atomic E-state index is -0.723. The number of amides is 1. The van der Waals surface area contributed by atoms with Crippen LogP contribution in [0.15, 0.2) is 28.7 Å². The molecule has 2 rings (SSSR count). The van der Waals surface area contributed by atoms with Crippen LogP contribution in [-0.2, 0) is 9.53 Å². The zero-order valence-electron chi connectivity index (χ0n) is 10.4. The molecule has 0 radical (unpaired) electrons. The molecule has 1 heterocycles. The predicted octanol–water partition coefficient (Wildman–Crippen LogP) is 1.20. The number of carbonyl (C=O) groups is 2. The predicted molar refractivity (Wildman–Crippen MR) is 71.6 cm³/mol. The van der Waals surface area contributed by atoms with Crippen molar-refractivity contribution in [3.63, 3.8) is 0 Å². The Balaban J connectivity index is 2.27. The van der Waals surface area contributed by atoms with E-state index in [1.807, 2.05) is 0 Å². The number of aliphatic hydroxyl groups is 1. The number of hydrogen-bond acceptors (Lipinski definition) is 4. The highest BCUT2D eigenvalue weighted by Gasteiger charge is 2.40. The number of β-amino-alcohol motifs (C(OH)–C–C–N with tert-alkyl or cyclic N) is 1. The molecule has 1 aromatic rings. The number of benzene rings is 1. The number of rotatable bonds is 2. The maximum atomic E-state index is 12.4. The summed E-state index contributed by atoms with van der Waals surface area (Å²) in [6.07, 6.45) is -0.487. The Labute approximate surface area is 119 Å². The van der Waals surface area contributed by atoms with E-state index in [2.05, 4.69) is 20.7 Å². The summed E-state index contributed by atoms with van der Waals surface area (Å²) in [7, 11) is 1.27. The molecule has 1 aliphatic heterocycles. The Morgan fingerprint density at radius 1 is 1.42 bits per heavy atom.